The largest absolute Gasteiger partial charge is 0.495 e. The normalized spacial score (nSPS) is 17.2. The van der Waals surface area contributed by atoms with Crippen molar-refractivity contribution in [2.45, 2.75) is 35.5 Å². The maximum Gasteiger partial charge on any atom is 0.258 e. The molecule has 2 aromatic carbocycles. The van der Waals surface area contributed by atoms with E-state index in [9.17, 15) is 21.6 Å². The zero-order valence-corrected chi connectivity index (χ0v) is 19.7. The Hall–Kier alpha value is -2.43. The molecule has 0 aromatic heterocycles. The van der Waals surface area contributed by atoms with Crippen LogP contribution in [0.3, 0.4) is 0 Å². The number of carbonyl (C=O) groups is 1. The monoisotopic (exact) mass is 478 g/mol. The number of carbonyl (C=O) groups excluding carboxylic acids is 1. The number of anilines is 1. The Bertz CT molecular complexity index is 1270. The van der Waals surface area contributed by atoms with Crippen molar-refractivity contribution in [3.8, 4) is 5.75 Å². The summed E-state index contributed by atoms with van der Waals surface area (Å²) < 4.78 is 56.8. The lowest BCUT2D eigenvalue weighted by atomic mass is 10.0. The van der Waals surface area contributed by atoms with Gasteiger partial charge in [-0.25, -0.2) is 16.8 Å². The lowest BCUT2D eigenvalue weighted by molar-refractivity contribution is 0.0985. The molecule has 10 heteroatoms. The van der Waals surface area contributed by atoms with Crippen LogP contribution in [0, 0.1) is 0 Å². The molecule has 0 spiro atoms. The standard InChI is InChI=1S/C22H26N2O6S2/c1-30-20-10-7-17(15-21(20)32(28,29)23-11-3-4-12-23)22(25)24-13-5-6-16-14-18(31(2,26)27)8-9-19(16)24/h7-10,14-15H,3-6,11-13H2,1-2H3. The highest BCUT2D eigenvalue weighted by Gasteiger charge is 2.32. The Morgan fingerprint density at radius 2 is 1.66 bits per heavy atom. The fourth-order valence-corrected chi connectivity index (χ4v) is 6.62. The molecule has 0 saturated carbocycles. The first-order valence-electron chi connectivity index (χ1n) is 10.5. The molecule has 0 aliphatic carbocycles. The molecule has 2 aliphatic rings. The molecular weight excluding hydrogens is 452 g/mol. The van der Waals surface area contributed by atoms with Gasteiger partial charge in [0, 0.05) is 37.1 Å². The molecule has 1 fully saturated rings. The molecule has 8 nitrogen and oxygen atoms in total. The molecule has 0 atom stereocenters. The summed E-state index contributed by atoms with van der Waals surface area (Å²) >= 11 is 0. The smallest absolute Gasteiger partial charge is 0.258 e. The van der Waals surface area contributed by atoms with Gasteiger partial charge in [-0.05, 0) is 67.6 Å². The fraction of sp³-hybridized carbons (Fsp3) is 0.409. The van der Waals surface area contributed by atoms with Crippen LogP contribution >= 0.6 is 0 Å². The molecular formula is C22H26N2O6S2. The summed E-state index contributed by atoms with van der Waals surface area (Å²) in [4.78, 5) is 15.2. The van der Waals surface area contributed by atoms with E-state index in [-0.39, 0.29) is 27.0 Å². The van der Waals surface area contributed by atoms with Gasteiger partial charge in [-0.2, -0.15) is 4.31 Å². The van der Waals surface area contributed by atoms with Crippen LogP contribution in [0.15, 0.2) is 46.2 Å². The molecule has 0 unspecified atom stereocenters. The van der Waals surface area contributed by atoms with E-state index in [0.717, 1.165) is 24.7 Å². The molecule has 1 saturated heterocycles. The van der Waals surface area contributed by atoms with Gasteiger partial charge >= 0.3 is 0 Å². The van der Waals surface area contributed by atoms with E-state index in [0.29, 0.717) is 38.2 Å². The second-order valence-corrected chi connectivity index (χ2v) is 12.0. The Kier molecular flexibility index (Phi) is 6.04. The average Bonchev–Trinajstić information content (AvgIpc) is 3.32. The van der Waals surface area contributed by atoms with E-state index in [4.69, 9.17) is 4.74 Å². The number of fused-ring (bicyclic) bond motifs is 1. The Morgan fingerprint density at radius 1 is 0.938 bits per heavy atom. The van der Waals surface area contributed by atoms with E-state index in [1.54, 1.807) is 23.1 Å². The van der Waals surface area contributed by atoms with Gasteiger partial charge in [0.15, 0.2) is 9.84 Å². The molecule has 0 radical (unpaired) electrons. The highest BCUT2D eigenvalue weighted by Crippen LogP contribution is 2.33. The van der Waals surface area contributed by atoms with E-state index in [2.05, 4.69) is 0 Å². The van der Waals surface area contributed by atoms with Crippen molar-refractivity contribution >= 4 is 31.5 Å². The topological polar surface area (TPSA) is 101 Å². The van der Waals surface area contributed by atoms with Crippen LogP contribution in [0.5, 0.6) is 5.75 Å². The number of amides is 1. The average molecular weight is 479 g/mol. The summed E-state index contributed by atoms with van der Waals surface area (Å²) in [5, 5.41) is 0. The molecule has 2 heterocycles. The van der Waals surface area contributed by atoms with Crippen molar-refractivity contribution in [3.05, 3.63) is 47.5 Å². The lowest BCUT2D eigenvalue weighted by Crippen LogP contribution is -2.36. The van der Waals surface area contributed by atoms with Crippen molar-refractivity contribution in [1.29, 1.82) is 0 Å². The van der Waals surface area contributed by atoms with Gasteiger partial charge in [0.25, 0.3) is 5.91 Å². The van der Waals surface area contributed by atoms with Gasteiger partial charge in [-0.3, -0.25) is 4.79 Å². The maximum absolute atomic E-state index is 13.4. The Labute approximate surface area is 188 Å². The fourth-order valence-electron chi connectivity index (χ4n) is 4.25. The summed E-state index contributed by atoms with van der Waals surface area (Å²) in [5.41, 5.74) is 1.67. The highest BCUT2D eigenvalue weighted by molar-refractivity contribution is 7.90. The highest BCUT2D eigenvalue weighted by atomic mass is 32.2. The second kappa shape index (κ2) is 8.49. The minimum Gasteiger partial charge on any atom is -0.495 e. The predicted molar refractivity (Wildman–Crippen MR) is 121 cm³/mol. The molecule has 0 N–H and O–H groups in total. The van der Waals surface area contributed by atoms with Gasteiger partial charge in [-0.1, -0.05) is 0 Å². The van der Waals surface area contributed by atoms with Gasteiger partial charge in [0.1, 0.15) is 10.6 Å². The summed E-state index contributed by atoms with van der Waals surface area (Å²) in [6.45, 7) is 1.36. The number of sulfonamides is 1. The van der Waals surface area contributed by atoms with Crippen molar-refractivity contribution < 1.29 is 26.4 Å². The maximum atomic E-state index is 13.4. The minimum absolute atomic E-state index is 0.0163. The number of rotatable bonds is 5. The zero-order valence-electron chi connectivity index (χ0n) is 18.1. The van der Waals surface area contributed by atoms with Gasteiger partial charge in [0.05, 0.1) is 12.0 Å². The summed E-state index contributed by atoms with van der Waals surface area (Å²) in [6.07, 6.45) is 4.11. The van der Waals surface area contributed by atoms with Gasteiger partial charge < -0.3 is 9.64 Å². The summed E-state index contributed by atoms with van der Waals surface area (Å²) in [6, 6.07) is 9.21. The number of nitrogens with zero attached hydrogens (tertiary/aromatic N) is 2. The van der Waals surface area contributed by atoms with Crippen molar-refractivity contribution in [2.24, 2.45) is 0 Å². The van der Waals surface area contributed by atoms with Crippen molar-refractivity contribution in [2.75, 3.05) is 37.9 Å². The van der Waals surface area contributed by atoms with Crippen LogP contribution in [0.25, 0.3) is 0 Å². The zero-order chi connectivity index (χ0) is 23.1. The minimum atomic E-state index is -3.78. The lowest BCUT2D eigenvalue weighted by Gasteiger charge is -2.30. The number of sulfone groups is 1. The van der Waals surface area contributed by atoms with Crippen LogP contribution in [0.1, 0.15) is 35.2 Å². The van der Waals surface area contributed by atoms with Crippen LogP contribution < -0.4 is 9.64 Å². The quantitative estimate of drug-likeness (QED) is 0.654. The molecule has 4 rings (SSSR count). The first-order chi connectivity index (χ1) is 15.1. The molecule has 172 valence electrons. The third-order valence-electron chi connectivity index (χ3n) is 5.94. The van der Waals surface area contributed by atoms with E-state index < -0.39 is 19.9 Å². The number of benzene rings is 2. The number of hydrogen-bond donors (Lipinski definition) is 0. The first kappa shape index (κ1) is 22.8. The number of hydrogen-bond acceptors (Lipinski definition) is 6. The van der Waals surface area contributed by atoms with Crippen LogP contribution in [0.2, 0.25) is 0 Å². The van der Waals surface area contributed by atoms with E-state index >= 15 is 0 Å². The Balaban J connectivity index is 1.72. The van der Waals surface area contributed by atoms with Gasteiger partial charge in [0.2, 0.25) is 10.0 Å². The first-order valence-corrected chi connectivity index (χ1v) is 13.8. The second-order valence-electron chi connectivity index (χ2n) is 8.10. The summed E-state index contributed by atoms with van der Waals surface area (Å²) in [5.74, 6) is -0.135. The number of ether oxygens (including phenoxy) is 1. The van der Waals surface area contributed by atoms with E-state index in [1.807, 2.05) is 0 Å². The molecule has 1 amide bonds. The third kappa shape index (κ3) is 4.14. The van der Waals surface area contributed by atoms with Crippen molar-refractivity contribution in [1.82, 2.24) is 4.31 Å². The molecule has 0 bridgehead atoms. The van der Waals surface area contributed by atoms with Gasteiger partial charge in [-0.15, -0.1) is 0 Å². The van der Waals surface area contributed by atoms with Crippen LogP contribution in [0.4, 0.5) is 5.69 Å². The molecule has 2 aliphatic heterocycles. The van der Waals surface area contributed by atoms with E-state index in [1.165, 1.54) is 29.6 Å². The Morgan fingerprint density at radius 3 is 2.31 bits per heavy atom. The molecule has 2 aromatic rings. The third-order valence-corrected chi connectivity index (χ3v) is 8.97. The molecule has 32 heavy (non-hydrogen) atoms. The van der Waals surface area contributed by atoms with Crippen LogP contribution in [-0.2, 0) is 26.3 Å². The number of methoxy groups -OCH3 is 1. The van der Waals surface area contributed by atoms with Crippen molar-refractivity contribution in [3.63, 3.8) is 0 Å². The SMILES string of the molecule is COc1ccc(C(=O)N2CCCc3cc(S(C)(=O)=O)ccc32)cc1S(=O)(=O)N1CCCC1. The van der Waals surface area contributed by atoms with Crippen LogP contribution in [-0.4, -0.2) is 60.0 Å². The predicted octanol–water partition coefficient (Wildman–Crippen LogP) is 2.48. The number of aryl methyl sites for hydroxylation is 1. The summed E-state index contributed by atoms with van der Waals surface area (Å²) in [7, 11) is -5.73.